The molecule has 84 valence electrons. The van der Waals surface area contributed by atoms with Gasteiger partial charge in [0.2, 0.25) is 0 Å². The van der Waals surface area contributed by atoms with Crippen molar-refractivity contribution in [1.82, 2.24) is 4.98 Å². The molecule has 0 aliphatic heterocycles. The summed E-state index contributed by atoms with van der Waals surface area (Å²) in [6.07, 6.45) is 4.66. The van der Waals surface area contributed by atoms with Gasteiger partial charge >= 0.3 is 0 Å². The number of nitrogens with zero attached hydrogens (tertiary/aromatic N) is 1. The van der Waals surface area contributed by atoms with Crippen LogP contribution in [0.2, 0.25) is 0 Å². The summed E-state index contributed by atoms with van der Waals surface area (Å²) in [5.74, 6) is 0. The van der Waals surface area contributed by atoms with Crippen molar-refractivity contribution in [3.8, 4) is 0 Å². The molecule has 2 rings (SSSR count). The fourth-order valence-corrected chi connectivity index (χ4v) is 3.30. The Balaban J connectivity index is 2.41. The third-order valence-electron chi connectivity index (χ3n) is 2.63. The third kappa shape index (κ3) is 2.19. The maximum Gasteiger partial charge on any atom is 0.0575 e. The van der Waals surface area contributed by atoms with E-state index in [2.05, 4.69) is 38.6 Å². The van der Waals surface area contributed by atoms with Crippen molar-refractivity contribution in [2.75, 3.05) is 0 Å². The minimum Gasteiger partial charge on any atom is -0.320 e. The van der Waals surface area contributed by atoms with E-state index in [0.29, 0.717) is 0 Å². The van der Waals surface area contributed by atoms with E-state index in [1.54, 1.807) is 17.5 Å². The highest BCUT2D eigenvalue weighted by atomic mass is 79.9. The molecule has 4 heteroatoms. The SMILES string of the molecule is CCc1cnccc1C(N)c1cscc1Br. The van der Waals surface area contributed by atoms with Crippen LogP contribution in [0.1, 0.15) is 29.7 Å². The van der Waals surface area contributed by atoms with Crippen LogP contribution in [0.25, 0.3) is 0 Å². The summed E-state index contributed by atoms with van der Waals surface area (Å²) in [4.78, 5) is 4.14. The lowest BCUT2D eigenvalue weighted by molar-refractivity contribution is 0.844. The van der Waals surface area contributed by atoms with Crippen molar-refractivity contribution in [1.29, 1.82) is 0 Å². The van der Waals surface area contributed by atoms with E-state index in [9.17, 15) is 0 Å². The number of aromatic nitrogens is 1. The lowest BCUT2D eigenvalue weighted by Crippen LogP contribution is -2.13. The van der Waals surface area contributed by atoms with Crippen LogP contribution < -0.4 is 5.73 Å². The van der Waals surface area contributed by atoms with E-state index < -0.39 is 0 Å². The van der Waals surface area contributed by atoms with Crippen LogP contribution in [0.4, 0.5) is 0 Å². The second kappa shape index (κ2) is 5.08. The first kappa shape index (κ1) is 11.8. The van der Waals surface area contributed by atoms with Crippen LogP contribution in [-0.2, 0) is 6.42 Å². The zero-order valence-electron chi connectivity index (χ0n) is 8.98. The fourth-order valence-electron chi connectivity index (χ4n) is 1.72. The molecule has 2 N–H and O–H groups in total. The standard InChI is InChI=1S/C12H13BrN2S/c1-2-8-5-15-4-3-9(8)12(14)10-6-16-7-11(10)13/h3-7,12H,2,14H2,1H3. The van der Waals surface area contributed by atoms with Crippen molar-refractivity contribution >= 4 is 27.3 Å². The van der Waals surface area contributed by atoms with Gasteiger partial charge in [-0.3, -0.25) is 4.98 Å². The first-order chi connectivity index (χ1) is 7.74. The van der Waals surface area contributed by atoms with Gasteiger partial charge in [-0.15, -0.1) is 0 Å². The summed E-state index contributed by atoms with van der Waals surface area (Å²) in [7, 11) is 0. The number of pyridine rings is 1. The van der Waals surface area contributed by atoms with Crippen molar-refractivity contribution in [3.05, 3.63) is 50.4 Å². The molecule has 2 nitrogen and oxygen atoms in total. The molecule has 0 aliphatic rings. The van der Waals surface area contributed by atoms with Gasteiger partial charge in [-0.05, 0) is 50.5 Å². The molecule has 0 bridgehead atoms. The Morgan fingerprint density at radius 2 is 2.25 bits per heavy atom. The van der Waals surface area contributed by atoms with E-state index >= 15 is 0 Å². The molecule has 0 spiro atoms. The minimum atomic E-state index is -0.0708. The Morgan fingerprint density at radius 3 is 2.88 bits per heavy atom. The van der Waals surface area contributed by atoms with E-state index in [1.807, 2.05) is 12.3 Å². The fraction of sp³-hybridized carbons (Fsp3) is 0.250. The van der Waals surface area contributed by atoms with Crippen LogP contribution in [0.15, 0.2) is 33.7 Å². The van der Waals surface area contributed by atoms with E-state index in [-0.39, 0.29) is 6.04 Å². The van der Waals surface area contributed by atoms with Crippen LogP contribution in [-0.4, -0.2) is 4.98 Å². The molecule has 0 amide bonds. The summed E-state index contributed by atoms with van der Waals surface area (Å²) in [5.41, 5.74) is 9.81. The smallest absolute Gasteiger partial charge is 0.0575 e. The van der Waals surface area contributed by atoms with Crippen molar-refractivity contribution < 1.29 is 0 Å². The van der Waals surface area contributed by atoms with Gasteiger partial charge in [0, 0.05) is 22.2 Å². The Hall–Kier alpha value is -0.710. The first-order valence-corrected chi connectivity index (χ1v) is 6.87. The Kier molecular flexibility index (Phi) is 3.74. The monoisotopic (exact) mass is 296 g/mol. The normalized spacial score (nSPS) is 12.7. The lowest BCUT2D eigenvalue weighted by Gasteiger charge is -2.15. The minimum absolute atomic E-state index is 0.0708. The van der Waals surface area contributed by atoms with E-state index in [4.69, 9.17) is 5.73 Å². The van der Waals surface area contributed by atoms with Crippen LogP contribution in [0, 0.1) is 0 Å². The summed E-state index contributed by atoms with van der Waals surface area (Å²) in [6, 6.07) is 1.94. The summed E-state index contributed by atoms with van der Waals surface area (Å²) >= 11 is 5.19. The maximum atomic E-state index is 6.29. The molecule has 1 unspecified atom stereocenters. The molecule has 1 atom stereocenters. The zero-order chi connectivity index (χ0) is 11.5. The highest BCUT2D eigenvalue weighted by Gasteiger charge is 2.15. The maximum absolute atomic E-state index is 6.29. The van der Waals surface area contributed by atoms with Crippen LogP contribution in [0.3, 0.4) is 0 Å². The Labute approximate surface area is 108 Å². The number of nitrogens with two attached hydrogens (primary N) is 1. The largest absolute Gasteiger partial charge is 0.320 e. The van der Waals surface area contributed by atoms with Gasteiger partial charge in [0.25, 0.3) is 0 Å². The number of aryl methyl sites for hydroxylation is 1. The summed E-state index contributed by atoms with van der Waals surface area (Å²) in [6.45, 7) is 2.12. The molecule has 0 radical (unpaired) electrons. The van der Waals surface area contributed by atoms with Crippen molar-refractivity contribution in [2.45, 2.75) is 19.4 Å². The average Bonchev–Trinajstić information content (AvgIpc) is 2.74. The quantitative estimate of drug-likeness (QED) is 0.941. The number of thiophene rings is 1. The van der Waals surface area contributed by atoms with E-state index in [0.717, 1.165) is 22.0 Å². The summed E-state index contributed by atoms with van der Waals surface area (Å²) in [5, 5.41) is 4.15. The van der Waals surface area contributed by atoms with Crippen molar-refractivity contribution in [2.24, 2.45) is 5.73 Å². The highest BCUT2D eigenvalue weighted by molar-refractivity contribution is 9.10. The second-order valence-corrected chi connectivity index (χ2v) is 5.18. The second-order valence-electron chi connectivity index (χ2n) is 3.58. The molecule has 0 saturated heterocycles. The summed E-state index contributed by atoms with van der Waals surface area (Å²) < 4.78 is 1.09. The first-order valence-electron chi connectivity index (χ1n) is 5.14. The molecule has 16 heavy (non-hydrogen) atoms. The van der Waals surface area contributed by atoms with E-state index in [1.165, 1.54) is 5.56 Å². The number of hydrogen-bond donors (Lipinski definition) is 1. The molecular formula is C12H13BrN2S. The van der Waals surface area contributed by atoms with Gasteiger partial charge in [0.15, 0.2) is 0 Å². The van der Waals surface area contributed by atoms with Gasteiger partial charge in [-0.2, -0.15) is 11.3 Å². The predicted molar refractivity (Wildman–Crippen MR) is 71.7 cm³/mol. The Bertz CT molecular complexity index is 481. The van der Waals surface area contributed by atoms with Gasteiger partial charge in [-0.25, -0.2) is 0 Å². The molecule has 0 saturated carbocycles. The Morgan fingerprint density at radius 1 is 1.44 bits per heavy atom. The molecule has 2 aromatic rings. The van der Waals surface area contributed by atoms with Gasteiger partial charge in [0.1, 0.15) is 0 Å². The highest BCUT2D eigenvalue weighted by Crippen LogP contribution is 2.31. The van der Waals surface area contributed by atoms with Crippen molar-refractivity contribution in [3.63, 3.8) is 0 Å². The topological polar surface area (TPSA) is 38.9 Å². The average molecular weight is 297 g/mol. The van der Waals surface area contributed by atoms with Crippen LogP contribution >= 0.6 is 27.3 Å². The molecule has 2 heterocycles. The molecule has 0 aromatic carbocycles. The molecule has 2 aromatic heterocycles. The number of hydrogen-bond acceptors (Lipinski definition) is 3. The zero-order valence-corrected chi connectivity index (χ0v) is 11.4. The number of rotatable bonds is 3. The van der Waals surface area contributed by atoms with Gasteiger partial charge in [-0.1, -0.05) is 6.92 Å². The van der Waals surface area contributed by atoms with Gasteiger partial charge < -0.3 is 5.73 Å². The lowest BCUT2D eigenvalue weighted by atomic mass is 9.97. The predicted octanol–water partition coefficient (Wildman–Crippen LogP) is 3.52. The molecular weight excluding hydrogens is 284 g/mol. The third-order valence-corrected chi connectivity index (χ3v) is 4.39. The molecule has 0 fully saturated rings. The van der Waals surface area contributed by atoms with Gasteiger partial charge in [0.05, 0.1) is 6.04 Å². The number of halogens is 1. The molecule has 0 aliphatic carbocycles. The van der Waals surface area contributed by atoms with Crippen LogP contribution in [0.5, 0.6) is 0 Å².